The summed E-state index contributed by atoms with van der Waals surface area (Å²) in [5.41, 5.74) is 3.66. The monoisotopic (exact) mass is 362 g/mol. The summed E-state index contributed by atoms with van der Waals surface area (Å²) in [5, 5.41) is 5.21. The summed E-state index contributed by atoms with van der Waals surface area (Å²) in [5.74, 6) is -0.280. The molecule has 0 radical (unpaired) electrons. The van der Waals surface area contributed by atoms with Gasteiger partial charge in [-0.05, 0) is 31.2 Å². The van der Waals surface area contributed by atoms with Crippen molar-refractivity contribution in [2.24, 2.45) is 0 Å². The smallest absolute Gasteiger partial charge is 0.276 e. The lowest BCUT2D eigenvalue weighted by molar-refractivity contribution is 0.102. The van der Waals surface area contributed by atoms with Crippen LogP contribution in [0.25, 0.3) is 17.1 Å². The number of rotatable bonds is 4. The highest BCUT2D eigenvalue weighted by Crippen LogP contribution is 2.24. The molecule has 4 heterocycles. The topological polar surface area (TPSA) is 85.6 Å². The molecule has 1 N–H and O–H groups in total. The summed E-state index contributed by atoms with van der Waals surface area (Å²) < 4.78 is 1.70. The minimum atomic E-state index is -0.280. The molecule has 128 valence electrons. The van der Waals surface area contributed by atoms with E-state index in [0.717, 1.165) is 22.8 Å². The van der Waals surface area contributed by atoms with E-state index in [1.807, 2.05) is 42.6 Å². The first kappa shape index (κ1) is 16.1. The molecule has 0 atom stereocenters. The maximum atomic E-state index is 12.6. The van der Waals surface area contributed by atoms with Gasteiger partial charge in [0.25, 0.3) is 5.91 Å². The van der Waals surface area contributed by atoms with Crippen molar-refractivity contribution >= 4 is 22.4 Å². The van der Waals surface area contributed by atoms with Crippen molar-refractivity contribution in [2.75, 3.05) is 5.32 Å². The van der Waals surface area contributed by atoms with Crippen molar-refractivity contribution in [3.63, 3.8) is 0 Å². The number of hydrogen-bond acceptors (Lipinski definition) is 6. The fraction of sp³-hybridized carbons (Fsp3) is 0.0556. The second-order valence-electron chi connectivity index (χ2n) is 5.51. The second kappa shape index (κ2) is 6.85. The molecule has 0 aliphatic carbocycles. The summed E-state index contributed by atoms with van der Waals surface area (Å²) in [6, 6.07) is 9.38. The molecule has 8 heteroatoms. The molecule has 1 amide bonds. The van der Waals surface area contributed by atoms with E-state index in [0.29, 0.717) is 10.8 Å². The third-order valence-electron chi connectivity index (χ3n) is 3.69. The number of pyridine rings is 2. The van der Waals surface area contributed by atoms with Crippen molar-refractivity contribution in [1.82, 2.24) is 24.5 Å². The van der Waals surface area contributed by atoms with Gasteiger partial charge in [-0.15, -0.1) is 11.3 Å². The Morgan fingerprint density at radius 1 is 1.08 bits per heavy atom. The van der Waals surface area contributed by atoms with E-state index in [2.05, 4.69) is 25.3 Å². The molecule has 0 bridgehead atoms. The molecule has 0 saturated heterocycles. The molecule has 4 rings (SSSR count). The maximum absolute atomic E-state index is 12.6. The third kappa shape index (κ3) is 3.22. The number of hydrogen-bond donors (Lipinski definition) is 1. The lowest BCUT2D eigenvalue weighted by atomic mass is 10.3. The quantitative estimate of drug-likeness (QED) is 0.602. The minimum absolute atomic E-state index is 0.280. The molecule has 0 aromatic carbocycles. The summed E-state index contributed by atoms with van der Waals surface area (Å²) in [7, 11) is 0. The van der Waals surface area contributed by atoms with E-state index in [9.17, 15) is 4.79 Å². The van der Waals surface area contributed by atoms with Crippen LogP contribution in [0.5, 0.6) is 0 Å². The molecular weight excluding hydrogens is 348 g/mol. The Kier molecular flexibility index (Phi) is 4.24. The number of aromatic nitrogens is 5. The summed E-state index contributed by atoms with van der Waals surface area (Å²) in [6.07, 6.45) is 6.44. The first-order chi connectivity index (χ1) is 12.7. The molecule has 0 unspecified atom stereocenters. The fourth-order valence-electron chi connectivity index (χ4n) is 2.47. The van der Waals surface area contributed by atoms with Crippen LogP contribution >= 0.6 is 11.3 Å². The number of imidazole rings is 1. The van der Waals surface area contributed by atoms with Crippen LogP contribution in [0.2, 0.25) is 0 Å². The molecule has 26 heavy (non-hydrogen) atoms. The van der Waals surface area contributed by atoms with Crippen LogP contribution < -0.4 is 5.32 Å². The van der Waals surface area contributed by atoms with Gasteiger partial charge in [0.05, 0.1) is 23.9 Å². The van der Waals surface area contributed by atoms with E-state index in [1.165, 1.54) is 17.5 Å². The van der Waals surface area contributed by atoms with Crippen LogP contribution in [-0.2, 0) is 0 Å². The molecule has 0 fully saturated rings. The van der Waals surface area contributed by atoms with Crippen molar-refractivity contribution in [1.29, 1.82) is 0 Å². The predicted octanol–water partition coefficient (Wildman–Crippen LogP) is 3.35. The number of amides is 1. The second-order valence-corrected chi connectivity index (χ2v) is 6.37. The Balaban J connectivity index is 1.56. The average molecular weight is 362 g/mol. The average Bonchev–Trinajstić information content (AvgIpc) is 3.32. The van der Waals surface area contributed by atoms with Crippen LogP contribution in [0, 0.1) is 6.92 Å². The van der Waals surface area contributed by atoms with E-state index in [4.69, 9.17) is 0 Å². The highest BCUT2D eigenvalue weighted by Gasteiger charge is 2.15. The first-order valence-corrected chi connectivity index (χ1v) is 8.72. The number of carbonyl (C=O) groups is 1. The van der Waals surface area contributed by atoms with Gasteiger partial charge >= 0.3 is 0 Å². The normalized spacial score (nSPS) is 10.7. The zero-order valence-corrected chi connectivity index (χ0v) is 14.6. The van der Waals surface area contributed by atoms with Crippen LogP contribution in [0.15, 0.2) is 60.6 Å². The zero-order valence-electron chi connectivity index (χ0n) is 13.8. The first-order valence-electron chi connectivity index (χ1n) is 7.84. The van der Waals surface area contributed by atoms with Gasteiger partial charge in [0.1, 0.15) is 11.4 Å². The molecule has 4 aromatic rings. The van der Waals surface area contributed by atoms with E-state index >= 15 is 0 Å². The van der Waals surface area contributed by atoms with Crippen LogP contribution in [0.1, 0.15) is 16.2 Å². The van der Waals surface area contributed by atoms with Gasteiger partial charge in [-0.1, -0.05) is 6.07 Å². The lowest BCUT2D eigenvalue weighted by Crippen LogP contribution is -2.16. The van der Waals surface area contributed by atoms with Crippen molar-refractivity contribution in [3.05, 3.63) is 72.0 Å². The standard InChI is InChI=1S/C18H14N6OS/c1-12-3-2-4-14(21-12)15-10-26-18(22-15)23-17(25)16-9-20-11-24(16)13-5-7-19-8-6-13/h2-11H,1H3,(H,22,23,25). The Morgan fingerprint density at radius 2 is 1.92 bits per heavy atom. The molecule has 4 aromatic heterocycles. The number of anilines is 1. The van der Waals surface area contributed by atoms with Gasteiger partial charge in [-0.3, -0.25) is 24.6 Å². The SMILES string of the molecule is Cc1cccc(-c2csc(NC(=O)c3cncn3-c3ccncc3)n2)n1. The van der Waals surface area contributed by atoms with E-state index in [1.54, 1.807) is 23.3 Å². The molecule has 0 spiro atoms. The Morgan fingerprint density at radius 3 is 2.73 bits per heavy atom. The van der Waals surface area contributed by atoms with Crippen molar-refractivity contribution in [3.8, 4) is 17.1 Å². The fourth-order valence-corrected chi connectivity index (χ4v) is 3.17. The van der Waals surface area contributed by atoms with Gasteiger partial charge in [0.15, 0.2) is 5.13 Å². The van der Waals surface area contributed by atoms with Crippen molar-refractivity contribution < 1.29 is 4.79 Å². The Bertz CT molecular complexity index is 1060. The minimum Gasteiger partial charge on any atom is -0.296 e. The molecular formula is C18H14N6OS. The summed E-state index contributed by atoms with van der Waals surface area (Å²) in [6.45, 7) is 1.93. The molecule has 0 saturated carbocycles. The molecule has 0 aliphatic heterocycles. The zero-order chi connectivity index (χ0) is 17.9. The van der Waals surface area contributed by atoms with Gasteiger partial charge < -0.3 is 0 Å². The van der Waals surface area contributed by atoms with Crippen molar-refractivity contribution in [2.45, 2.75) is 6.92 Å². The Labute approximate surface area is 153 Å². The lowest BCUT2D eigenvalue weighted by Gasteiger charge is -2.07. The van der Waals surface area contributed by atoms with Crippen LogP contribution in [0.4, 0.5) is 5.13 Å². The molecule has 0 aliphatic rings. The number of nitrogens with one attached hydrogen (secondary N) is 1. The van der Waals surface area contributed by atoms with Crippen LogP contribution in [0.3, 0.4) is 0 Å². The molecule has 7 nitrogen and oxygen atoms in total. The highest BCUT2D eigenvalue weighted by atomic mass is 32.1. The van der Waals surface area contributed by atoms with Gasteiger partial charge in [0, 0.05) is 23.5 Å². The van der Waals surface area contributed by atoms with Gasteiger partial charge in [0.2, 0.25) is 0 Å². The number of thiazole rings is 1. The van der Waals surface area contributed by atoms with Gasteiger partial charge in [-0.2, -0.15) is 0 Å². The van der Waals surface area contributed by atoms with Gasteiger partial charge in [-0.25, -0.2) is 9.97 Å². The number of nitrogens with zero attached hydrogens (tertiary/aromatic N) is 5. The predicted molar refractivity (Wildman–Crippen MR) is 99.4 cm³/mol. The maximum Gasteiger partial charge on any atom is 0.276 e. The number of aryl methyl sites for hydroxylation is 1. The largest absolute Gasteiger partial charge is 0.296 e. The summed E-state index contributed by atoms with van der Waals surface area (Å²) >= 11 is 1.35. The summed E-state index contributed by atoms with van der Waals surface area (Å²) in [4.78, 5) is 29.6. The third-order valence-corrected chi connectivity index (χ3v) is 4.45. The highest BCUT2D eigenvalue weighted by molar-refractivity contribution is 7.14. The Hall–Kier alpha value is -3.39. The van der Waals surface area contributed by atoms with Crippen LogP contribution in [-0.4, -0.2) is 30.4 Å². The van der Waals surface area contributed by atoms with E-state index < -0.39 is 0 Å². The number of carbonyl (C=O) groups excluding carboxylic acids is 1. The van der Waals surface area contributed by atoms with E-state index in [-0.39, 0.29) is 5.91 Å².